The van der Waals surface area contributed by atoms with E-state index in [9.17, 15) is 13.2 Å². The number of carbonyl (C=O) groups is 1. The lowest BCUT2D eigenvalue weighted by molar-refractivity contribution is 0.0950. The van der Waals surface area contributed by atoms with E-state index in [0.717, 1.165) is 16.9 Å². The van der Waals surface area contributed by atoms with E-state index in [-0.39, 0.29) is 23.9 Å². The van der Waals surface area contributed by atoms with E-state index < -0.39 is 10.0 Å². The van der Waals surface area contributed by atoms with Crippen molar-refractivity contribution >= 4 is 15.9 Å². The molecule has 4 rings (SSSR count). The summed E-state index contributed by atoms with van der Waals surface area (Å²) in [5.74, 6) is 0.901. The monoisotopic (exact) mass is 490 g/mol. The minimum atomic E-state index is -3.82. The minimum Gasteiger partial charge on any atom is -0.489 e. The second-order valence-electron chi connectivity index (χ2n) is 7.93. The molecule has 4 aromatic rings. The lowest BCUT2D eigenvalue weighted by atomic mass is 10.1. The third-order valence-electron chi connectivity index (χ3n) is 5.48. The summed E-state index contributed by atoms with van der Waals surface area (Å²) in [6, 6.07) is 25.1. The second kappa shape index (κ2) is 11.0. The van der Waals surface area contributed by atoms with Gasteiger partial charge in [-0.25, -0.2) is 13.1 Å². The van der Waals surface area contributed by atoms with Crippen molar-refractivity contribution in [3.63, 3.8) is 0 Å². The number of sulfonamides is 1. The Morgan fingerprint density at radius 2 is 1.63 bits per heavy atom. The predicted octanol–water partition coefficient (Wildman–Crippen LogP) is 4.58. The van der Waals surface area contributed by atoms with Gasteiger partial charge in [0.25, 0.3) is 5.91 Å². The van der Waals surface area contributed by atoms with Gasteiger partial charge >= 0.3 is 0 Å². The average Bonchev–Trinajstić information content (AvgIpc) is 3.40. The smallest absolute Gasteiger partial charge is 0.251 e. The normalized spacial score (nSPS) is 11.2. The standard InChI is InChI=1S/C27H26N2O5S/c1-20-13-14-25(35(31,32)29-18-24-12-7-15-33-24)16-26(20)27(30)28-17-21-8-5-6-9-22(21)19-34-23-10-3-2-4-11-23/h2-16,29H,17-19H2,1H3,(H,28,30). The van der Waals surface area contributed by atoms with Crippen molar-refractivity contribution in [2.45, 2.75) is 31.5 Å². The second-order valence-corrected chi connectivity index (χ2v) is 9.70. The Bertz CT molecular complexity index is 1380. The molecular weight excluding hydrogens is 464 g/mol. The summed E-state index contributed by atoms with van der Waals surface area (Å²) >= 11 is 0. The van der Waals surface area contributed by atoms with Crippen molar-refractivity contribution in [2.24, 2.45) is 0 Å². The molecule has 1 amide bonds. The molecule has 0 radical (unpaired) electrons. The van der Waals surface area contributed by atoms with Gasteiger partial charge in [-0.2, -0.15) is 0 Å². The number of rotatable bonds is 10. The number of para-hydroxylation sites is 1. The highest BCUT2D eigenvalue weighted by molar-refractivity contribution is 7.89. The molecule has 0 spiro atoms. The van der Waals surface area contributed by atoms with Crippen LogP contribution in [0.1, 0.15) is 32.8 Å². The van der Waals surface area contributed by atoms with Crippen molar-refractivity contribution in [1.82, 2.24) is 10.0 Å². The summed E-state index contributed by atoms with van der Waals surface area (Å²) in [7, 11) is -3.82. The number of hydrogen-bond donors (Lipinski definition) is 2. The summed E-state index contributed by atoms with van der Waals surface area (Å²) < 4.78 is 39.0. The Hall–Kier alpha value is -3.88. The summed E-state index contributed by atoms with van der Waals surface area (Å²) in [5.41, 5.74) is 2.84. The molecule has 2 N–H and O–H groups in total. The number of aryl methyl sites for hydroxylation is 1. The Balaban J connectivity index is 1.43. The van der Waals surface area contributed by atoms with E-state index in [0.29, 0.717) is 23.5 Å². The van der Waals surface area contributed by atoms with Gasteiger partial charge in [0.15, 0.2) is 0 Å². The number of carbonyl (C=O) groups excluding carboxylic acids is 1. The maximum Gasteiger partial charge on any atom is 0.251 e. The molecule has 0 atom stereocenters. The van der Waals surface area contributed by atoms with Gasteiger partial charge in [0.1, 0.15) is 18.1 Å². The fraction of sp³-hybridized carbons (Fsp3) is 0.148. The molecule has 35 heavy (non-hydrogen) atoms. The molecule has 8 heteroatoms. The first-order valence-electron chi connectivity index (χ1n) is 11.1. The maximum absolute atomic E-state index is 13.0. The zero-order valence-electron chi connectivity index (χ0n) is 19.2. The van der Waals surface area contributed by atoms with E-state index in [1.807, 2.05) is 54.6 Å². The van der Waals surface area contributed by atoms with Crippen molar-refractivity contribution < 1.29 is 22.4 Å². The number of furan rings is 1. The molecule has 0 bridgehead atoms. The first-order chi connectivity index (χ1) is 16.9. The van der Waals surface area contributed by atoms with Crippen LogP contribution in [0.15, 0.2) is 101 Å². The van der Waals surface area contributed by atoms with Crippen molar-refractivity contribution in [3.8, 4) is 5.75 Å². The van der Waals surface area contributed by atoms with Gasteiger partial charge in [0, 0.05) is 12.1 Å². The number of benzene rings is 3. The third-order valence-corrected chi connectivity index (χ3v) is 6.87. The van der Waals surface area contributed by atoms with Crippen LogP contribution in [-0.4, -0.2) is 14.3 Å². The van der Waals surface area contributed by atoms with E-state index in [2.05, 4.69) is 10.0 Å². The van der Waals surface area contributed by atoms with Gasteiger partial charge in [0.2, 0.25) is 10.0 Å². The number of hydrogen-bond acceptors (Lipinski definition) is 5. The van der Waals surface area contributed by atoms with Crippen LogP contribution in [0.3, 0.4) is 0 Å². The highest BCUT2D eigenvalue weighted by Crippen LogP contribution is 2.18. The van der Waals surface area contributed by atoms with Crippen LogP contribution in [0, 0.1) is 6.92 Å². The van der Waals surface area contributed by atoms with Crippen LogP contribution in [0.25, 0.3) is 0 Å². The molecule has 0 fully saturated rings. The molecule has 0 unspecified atom stereocenters. The highest BCUT2D eigenvalue weighted by atomic mass is 32.2. The van der Waals surface area contributed by atoms with Crippen molar-refractivity contribution in [3.05, 3.63) is 119 Å². The van der Waals surface area contributed by atoms with Gasteiger partial charge in [0.05, 0.1) is 17.7 Å². The number of ether oxygens (including phenoxy) is 1. The molecule has 0 aliphatic rings. The summed E-state index contributed by atoms with van der Waals surface area (Å²) in [6.45, 7) is 2.43. The molecular formula is C27H26N2O5S. The SMILES string of the molecule is Cc1ccc(S(=O)(=O)NCc2ccco2)cc1C(=O)NCc1ccccc1COc1ccccc1. The van der Waals surface area contributed by atoms with Gasteiger partial charge in [-0.05, 0) is 60.0 Å². The van der Waals surface area contributed by atoms with Crippen molar-refractivity contribution in [1.29, 1.82) is 0 Å². The Morgan fingerprint density at radius 3 is 2.37 bits per heavy atom. The van der Waals surface area contributed by atoms with Crippen LogP contribution in [0.4, 0.5) is 0 Å². The van der Waals surface area contributed by atoms with E-state index in [1.165, 1.54) is 18.4 Å². The van der Waals surface area contributed by atoms with Gasteiger partial charge in [-0.15, -0.1) is 0 Å². The fourth-order valence-corrected chi connectivity index (χ4v) is 4.51. The maximum atomic E-state index is 13.0. The molecule has 1 aromatic heterocycles. The number of amides is 1. The van der Waals surface area contributed by atoms with Crippen LogP contribution in [-0.2, 0) is 29.7 Å². The van der Waals surface area contributed by atoms with Crippen LogP contribution in [0.2, 0.25) is 0 Å². The quantitative estimate of drug-likeness (QED) is 0.339. The lowest BCUT2D eigenvalue weighted by Gasteiger charge is -2.13. The molecule has 7 nitrogen and oxygen atoms in total. The van der Waals surface area contributed by atoms with Gasteiger partial charge in [-0.3, -0.25) is 4.79 Å². The number of nitrogens with one attached hydrogen (secondary N) is 2. The van der Waals surface area contributed by atoms with Crippen LogP contribution in [0.5, 0.6) is 5.75 Å². The van der Waals surface area contributed by atoms with E-state index in [1.54, 1.807) is 25.1 Å². The van der Waals surface area contributed by atoms with Crippen molar-refractivity contribution in [2.75, 3.05) is 0 Å². The van der Waals surface area contributed by atoms with Gasteiger partial charge < -0.3 is 14.5 Å². The molecule has 0 saturated heterocycles. The van der Waals surface area contributed by atoms with Crippen LogP contribution >= 0.6 is 0 Å². The minimum absolute atomic E-state index is 0.0106. The Morgan fingerprint density at radius 1 is 0.886 bits per heavy atom. The molecule has 0 aliphatic carbocycles. The summed E-state index contributed by atoms with van der Waals surface area (Å²) in [4.78, 5) is 13.0. The fourth-order valence-electron chi connectivity index (χ4n) is 3.49. The topological polar surface area (TPSA) is 97.6 Å². The van der Waals surface area contributed by atoms with E-state index in [4.69, 9.17) is 9.15 Å². The summed E-state index contributed by atoms with van der Waals surface area (Å²) in [6.07, 6.45) is 1.48. The summed E-state index contributed by atoms with van der Waals surface area (Å²) in [5, 5.41) is 2.90. The Kier molecular flexibility index (Phi) is 7.64. The lowest BCUT2D eigenvalue weighted by Crippen LogP contribution is -2.26. The highest BCUT2D eigenvalue weighted by Gasteiger charge is 2.18. The largest absolute Gasteiger partial charge is 0.489 e. The predicted molar refractivity (Wildman–Crippen MR) is 132 cm³/mol. The molecule has 0 aliphatic heterocycles. The van der Waals surface area contributed by atoms with E-state index >= 15 is 0 Å². The zero-order chi connectivity index (χ0) is 24.7. The Labute approximate surface area is 204 Å². The third kappa shape index (κ3) is 6.38. The first kappa shape index (κ1) is 24.3. The molecule has 1 heterocycles. The average molecular weight is 491 g/mol. The molecule has 0 saturated carbocycles. The van der Waals surface area contributed by atoms with Gasteiger partial charge in [-0.1, -0.05) is 48.5 Å². The molecule has 3 aromatic carbocycles. The first-order valence-corrected chi connectivity index (χ1v) is 12.6. The molecule has 180 valence electrons. The van der Waals surface area contributed by atoms with Crippen LogP contribution < -0.4 is 14.8 Å². The zero-order valence-corrected chi connectivity index (χ0v) is 20.0.